The number of carbonyl (C=O) groups excluding carboxylic acids is 1. The fourth-order valence-electron chi connectivity index (χ4n) is 20.1. The molecule has 0 radical (unpaired) electrons. The Kier molecular flexibility index (Phi) is 22.0. The molecule has 1 amide bonds. The van der Waals surface area contributed by atoms with E-state index in [1.807, 2.05) is 36.1 Å². The lowest BCUT2D eigenvalue weighted by atomic mass is 9.84. The predicted molar refractivity (Wildman–Crippen MR) is 374 cm³/mol. The van der Waals surface area contributed by atoms with E-state index in [1.54, 1.807) is 26.4 Å². The van der Waals surface area contributed by atoms with Gasteiger partial charge < -0.3 is 38.7 Å². The summed E-state index contributed by atoms with van der Waals surface area (Å²) < 4.78 is 29.8. The number of methoxy groups -OCH3 is 2. The number of ether oxygens (including phenoxy) is 3. The Morgan fingerprint density at radius 2 is 0.935 bits per heavy atom. The number of carbonyl (C=O) groups is 1. The third kappa shape index (κ3) is 15.1. The van der Waals surface area contributed by atoms with Crippen LogP contribution in [0.25, 0.3) is 0 Å². The first-order valence-electron chi connectivity index (χ1n) is 36.8. The highest BCUT2D eigenvalue weighted by atomic mass is 35.5. The number of piperidine rings is 1. The molecule has 0 aromatic heterocycles. The van der Waals surface area contributed by atoms with Crippen molar-refractivity contribution in [1.29, 1.82) is 0 Å². The maximum Gasteiger partial charge on any atom is 0.410 e. The minimum atomic E-state index is -0.189. The summed E-state index contributed by atoms with van der Waals surface area (Å²) in [7, 11) is 3.40. The van der Waals surface area contributed by atoms with Gasteiger partial charge in [-0.15, -0.1) is 0 Å². The highest BCUT2D eigenvalue weighted by Gasteiger charge is 2.47. The topological polar surface area (TPSA) is 73.9 Å². The van der Waals surface area contributed by atoms with Crippen LogP contribution in [0, 0.1) is 47.2 Å². The van der Waals surface area contributed by atoms with Gasteiger partial charge in [-0.1, -0.05) is 80.3 Å². The van der Waals surface area contributed by atoms with Crippen LogP contribution in [0.3, 0.4) is 0 Å². The van der Waals surface area contributed by atoms with Gasteiger partial charge in [0.25, 0.3) is 0 Å². The Labute approximate surface area is 557 Å². The zero-order chi connectivity index (χ0) is 63.1. The average molecular weight is 1280 g/mol. The van der Waals surface area contributed by atoms with Crippen LogP contribution in [0.15, 0.2) is 91.0 Å². The number of piperazine rings is 4. The maximum atomic E-state index is 13.6. The third-order valence-corrected chi connectivity index (χ3v) is 25.1. The van der Waals surface area contributed by atoms with E-state index in [0.29, 0.717) is 24.6 Å². The molecule has 16 rings (SSSR count). The zero-order valence-electron chi connectivity index (χ0n) is 56.5. The van der Waals surface area contributed by atoms with Gasteiger partial charge in [-0.3, -0.25) is 19.6 Å². The highest BCUT2D eigenvalue weighted by molar-refractivity contribution is 6.33. The molecule has 13 nitrogen and oxygen atoms in total. The second kappa shape index (κ2) is 30.8. The molecule has 0 N–H and O–H groups in total. The average Bonchev–Trinajstić information content (AvgIpc) is 1.88. The van der Waals surface area contributed by atoms with E-state index in [2.05, 4.69) is 94.7 Å². The van der Waals surface area contributed by atoms with E-state index in [1.165, 1.54) is 151 Å². The molecule has 11 unspecified atom stereocenters. The predicted octanol–water partition coefficient (Wildman–Crippen LogP) is 14.0. The minimum Gasteiger partial charge on any atom is -0.495 e. The molecule has 6 saturated heterocycles. The van der Waals surface area contributed by atoms with E-state index < -0.39 is 0 Å². The third-order valence-electron chi connectivity index (χ3n) is 24.8. The minimum absolute atomic E-state index is 0.0983. The SMILES string of the molecule is CCOC(=O)N1C2CCC1CC(CN1CCN(c3ccccc3OC)CC1)C2.CCc1ccccc1N1CCN(C2CC3CCC2C3)CC1.COc1ccc(F)cc1N1CCN(C2CC3CCC2C3)CC1.Clc1ccccc1N1CCN(C2CCC3CCC2C3)CC1. The van der Waals surface area contributed by atoms with E-state index in [-0.39, 0.29) is 11.9 Å². The van der Waals surface area contributed by atoms with Crippen molar-refractivity contribution in [2.75, 3.05) is 152 Å². The van der Waals surface area contributed by atoms with Gasteiger partial charge in [0.15, 0.2) is 0 Å². The number of nitrogens with zero attached hydrogens (tertiary/aromatic N) is 9. The van der Waals surface area contributed by atoms with Crippen molar-refractivity contribution in [1.82, 2.24) is 24.5 Å². The first kappa shape index (κ1) is 65.7. The van der Waals surface area contributed by atoms with Gasteiger partial charge in [0.1, 0.15) is 17.3 Å². The van der Waals surface area contributed by atoms with Crippen molar-refractivity contribution in [3.63, 3.8) is 0 Å². The van der Waals surface area contributed by atoms with Crippen LogP contribution in [0.2, 0.25) is 5.02 Å². The van der Waals surface area contributed by atoms with Gasteiger partial charge in [0.2, 0.25) is 0 Å². The standard InChI is InChI=1S/C22H33N3O3.C19H28N2.C18H25ClN2.C18H25FN2O/c1-3-28-22(26)25-18-8-9-19(25)15-17(14-18)16-23-10-12-24(13-11-23)20-6-4-5-7-21(20)27-2;1-2-16-5-3-4-6-18(16)20-9-11-21(12-10-20)19-14-15-7-8-17(19)13-15;19-16-3-1-2-4-18(16)21-11-9-20(10-12-21)17-8-6-14-5-7-15(17)13-14;1-22-18-5-4-15(19)12-17(18)21-8-6-20(7-9-21)16-11-13-2-3-14(16)10-13/h4-7,17-19H,3,8-16H2,1-2H3;3-6,15,17,19H,2,7-14H2,1H3;1-4,14-15,17H,5-13H2;4-5,12-14,16H,2-3,6-11H2,1H3. The first-order chi connectivity index (χ1) is 45.1. The van der Waals surface area contributed by atoms with Crippen LogP contribution in [0.1, 0.15) is 129 Å². The molecule has 6 heterocycles. The molecule has 6 saturated carbocycles. The number of hydrogen-bond acceptors (Lipinski definition) is 12. The van der Waals surface area contributed by atoms with E-state index >= 15 is 0 Å². The van der Waals surface area contributed by atoms with Crippen LogP contribution in [0.4, 0.5) is 31.9 Å². The molecule has 15 heteroatoms. The molecule has 92 heavy (non-hydrogen) atoms. The summed E-state index contributed by atoms with van der Waals surface area (Å²) in [6.45, 7) is 23.8. The Morgan fingerprint density at radius 3 is 1.50 bits per heavy atom. The molecule has 4 aromatic rings. The van der Waals surface area contributed by atoms with Gasteiger partial charge >= 0.3 is 6.09 Å². The van der Waals surface area contributed by atoms with E-state index in [4.69, 9.17) is 25.8 Å². The second-order valence-corrected chi connectivity index (χ2v) is 30.1. The zero-order valence-corrected chi connectivity index (χ0v) is 57.2. The van der Waals surface area contributed by atoms with Gasteiger partial charge in [-0.25, -0.2) is 9.18 Å². The van der Waals surface area contributed by atoms with Crippen molar-refractivity contribution in [2.45, 2.75) is 160 Å². The summed E-state index contributed by atoms with van der Waals surface area (Å²) in [6.07, 6.45) is 24.8. The number of amides is 1. The highest BCUT2D eigenvalue weighted by Crippen LogP contribution is 2.49. The van der Waals surface area contributed by atoms with Gasteiger partial charge in [0, 0.05) is 153 Å². The molecule has 6 aliphatic heterocycles. The molecular weight excluding hydrogens is 1170 g/mol. The molecule has 0 spiro atoms. The Hall–Kier alpha value is -4.99. The summed E-state index contributed by atoms with van der Waals surface area (Å²) in [5.74, 6) is 8.34. The van der Waals surface area contributed by atoms with Crippen molar-refractivity contribution >= 4 is 40.4 Å². The van der Waals surface area contributed by atoms with Crippen LogP contribution in [-0.2, 0) is 11.2 Å². The van der Waals surface area contributed by atoms with Crippen molar-refractivity contribution < 1.29 is 23.4 Å². The Balaban J connectivity index is 0.000000113. The van der Waals surface area contributed by atoms with Crippen LogP contribution in [0.5, 0.6) is 11.5 Å². The number of halogens is 2. The molecule has 8 bridgehead atoms. The number of para-hydroxylation sites is 4. The van der Waals surface area contributed by atoms with Crippen molar-refractivity contribution in [3.8, 4) is 11.5 Å². The lowest BCUT2D eigenvalue weighted by molar-refractivity contribution is 0.0526. The van der Waals surface area contributed by atoms with E-state index in [0.717, 1.165) is 180 Å². The molecule has 502 valence electrons. The van der Waals surface area contributed by atoms with Gasteiger partial charge in [0.05, 0.1) is 42.9 Å². The summed E-state index contributed by atoms with van der Waals surface area (Å²) in [6, 6.07) is 33.7. The summed E-state index contributed by atoms with van der Waals surface area (Å²) in [5, 5.41) is 0.891. The molecular formula is C77H111ClFN9O4. The first-order valence-corrected chi connectivity index (χ1v) is 37.2. The number of fused-ring (bicyclic) bond motifs is 8. The lowest BCUT2D eigenvalue weighted by Gasteiger charge is -2.44. The second-order valence-electron chi connectivity index (χ2n) is 29.7. The number of anilines is 4. The fourth-order valence-corrected chi connectivity index (χ4v) is 20.4. The molecule has 12 aliphatic rings. The summed E-state index contributed by atoms with van der Waals surface area (Å²) >= 11 is 6.34. The van der Waals surface area contributed by atoms with Crippen LogP contribution in [-0.4, -0.2) is 193 Å². The number of aryl methyl sites for hydroxylation is 1. The van der Waals surface area contributed by atoms with Crippen molar-refractivity contribution in [3.05, 3.63) is 107 Å². The molecule has 6 aliphatic carbocycles. The van der Waals surface area contributed by atoms with Crippen molar-refractivity contribution in [2.24, 2.45) is 41.4 Å². The largest absolute Gasteiger partial charge is 0.495 e. The normalized spacial score (nSPS) is 31.1. The quantitative estimate of drug-likeness (QED) is 0.128. The lowest BCUT2D eigenvalue weighted by Crippen LogP contribution is -2.52. The smallest absolute Gasteiger partial charge is 0.410 e. The molecule has 12 fully saturated rings. The van der Waals surface area contributed by atoms with Gasteiger partial charge in [-0.2, -0.15) is 0 Å². The van der Waals surface area contributed by atoms with E-state index in [9.17, 15) is 9.18 Å². The van der Waals surface area contributed by atoms with Crippen LogP contribution < -0.4 is 29.1 Å². The number of hydrogen-bond donors (Lipinski definition) is 0. The number of rotatable bonds is 13. The molecule has 11 atom stereocenters. The Morgan fingerprint density at radius 1 is 0.467 bits per heavy atom. The summed E-state index contributed by atoms with van der Waals surface area (Å²) in [4.78, 5) is 35.0. The monoisotopic (exact) mass is 1280 g/mol. The summed E-state index contributed by atoms with van der Waals surface area (Å²) in [5.41, 5.74) is 6.29. The fraction of sp³-hybridized carbons (Fsp3) is 0.675. The maximum absolute atomic E-state index is 13.6. The Bertz CT molecular complexity index is 2990. The molecule has 4 aromatic carbocycles. The van der Waals surface area contributed by atoms with Crippen LogP contribution >= 0.6 is 11.6 Å². The number of benzene rings is 4. The van der Waals surface area contributed by atoms with Gasteiger partial charge in [-0.05, 0) is 193 Å².